The summed E-state index contributed by atoms with van der Waals surface area (Å²) in [7, 11) is 0. The van der Waals surface area contributed by atoms with E-state index >= 15 is 0 Å². The number of esters is 1. The van der Waals surface area contributed by atoms with Crippen LogP contribution in [0.4, 0.5) is 0 Å². The highest BCUT2D eigenvalue weighted by Gasteiger charge is 2.81. The molecular weight excluding hydrogens is 372 g/mol. The van der Waals surface area contributed by atoms with Crippen LogP contribution < -0.4 is 0 Å². The van der Waals surface area contributed by atoms with Crippen molar-refractivity contribution < 1.29 is 29.0 Å². The predicted octanol–water partition coefficient (Wildman–Crippen LogP) is 2.29. The third-order valence-corrected chi connectivity index (χ3v) is 8.95. The van der Waals surface area contributed by atoms with Gasteiger partial charge in [-0.15, -0.1) is 0 Å². The highest BCUT2D eigenvalue weighted by molar-refractivity contribution is 6.01. The Hall–Kier alpha value is -1.79. The molecule has 0 unspecified atom stereocenters. The number of hydrogen-bond donors (Lipinski definition) is 1. The van der Waals surface area contributed by atoms with Crippen LogP contribution in [0.3, 0.4) is 0 Å². The molecule has 3 saturated carbocycles. The van der Waals surface area contributed by atoms with Crippen molar-refractivity contribution in [1.82, 2.24) is 0 Å². The number of carbonyl (C=O) groups excluding carboxylic acids is 3. The molecule has 0 amide bonds. The Bertz CT molecular complexity index is 888. The maximum Gasteiger partial charge on any atom is 0.303 e. The van der Waals surface area contributed by atoms with Crippen molar-refractivity contribution in [2.45, 2.75) is 70.2 Å². The highest BCUT2D eigenvalue weighted by atomic mass is 16.6. The molecule has 1 spiro atoms. The smallest absolute Gasteiger partial charge is 0.303 e. The molecule has 4 aliphatic carbocycles. The van der Waals surface area contributed by atoms with Gasteiger partial charge in [-0.3, -0.25) is 14.4 Å². The van der Waals surface area contributed by atoms with E-state index in [2.05, 4.69) is 6.92 Å². The lowest BCUT2D eigenvalue weighted by atomic mass is 9.47. The average Bonchev–Trinajstić information content (AvgIpc) is 3.32. The topological polar surface area (TPSA) is 93.2 Å². The van der Waals surface area contributed by atoms with Crippen molar-refractivity contribution in [1.29, 1.82) is 0 Å². The zero-order valence-corrected chi connectivity index (χ0v) is 17.2. The molecule has 6 nitrogen and oxygen atoms in total. The molecule has 1 saturated heterocycles. The van der Waals surface area contributed by atoms with Gasteiger partial charge in [-0.1, -0.05) is 18.6 Å². The van der Waals surface area contributed by atoms with Crippen LogP contribution in [0.1, 0.15) is 52.9 Å². The molecule has 1 N–H and O–H groups in total. The van der Waals surface area contributed by atoms with Gasteiger partial charge in [0.2, 0.25) is 5.78 Å². The van der Waals surface area contributed by atoms with Gasteiger partial charge in [0.15, 0.2) is 12.4 Å². The summed E-state index contributed by atoms with van der Waals surface area (Å²) in [6.07, 6.45) is 8.86. The van der Waals surface area contributed by atoms with E-state index in [-0.39, 0.29) is 41.3 Å². The monoisotopic (exact) mass is 400 g/mol. The van der Waals surface area contributed by atoms with E-state index in [1.54, 1.807) is 12.2 Å². The van der Waals surface area contributed by atoms with Gasteiger partial charge < -0.3 is 14.6 Å². The fraction of sp³-hybridized carbons (Fsp3) is 0.696. The van der Waals surface area contributed by atoms with E-state index in [9.17, 15) is 19.5 Å². The molecule has 29 heavy (non-hydrogen) atoms. The first-order valence-corrected chi connectivity index (χ1v) is 10.6. The van der Waals surface area contributed by atoms with Crippen LogP contribution in [0.25, 0.3) is 0 Å². The van der Waals surface area contributed by atoms with Crippen LogP contribution in [-0.2, 0) is 23.9 Å². The normalized spacial score (nSPS) is 49.3. The van der Waals surface area contributed by atoms with Gasteiger partial charge >= 0.3 is 5.97 Å². The van der Waals surface area contributed by atoms with E-state index in [1.807, 2.05) is 13.0 Å². The number of rotatable bonds is 3. The van der Waals surface area contributed by atoms with E-state index in [0.29, 0.717) is 12.8 Å². The fourth-order valence-corrected chi connectivity index (χ4v) is 7.40. The first kappa shape index (κ1) is 19.2. The van der Waals surface area contributed by atoms with Gasteiger partial charge in [0.05, 0.1) is 6.10 Å². The molecule has 0 aromatic heterocycles. The molecular formula is C23H28O6. The number of epoxide rings is 1. The Balaban J connectivity index is 1.49. The van der Waals surface area contributed by atoms with Crippen molar-refractivity contribution >= 4 is 17.5 Å². The number of allylic oxidation sites excluding steroid dienone is 2. The lowest BCUT2D eigenvalue weighted by molar-refractivity contribution is -0.165. The third-order valence-electron chi connectivity index (χ3n) is 8.95. The summed E-state index contributed by atoms with van der Waals surface area (Å²) in [6.45, 7) is 5.06. The van der Waals surface area contributed by atoms with Gasteiger partial charge in [-0.2, -0.15) is 0 Å². The minimum absolute atomic E-state index is 0.0384. The number of carbonyl (C=O) groups is 3. The molecule has 0 aromatic rings. The molecule has 0 aromatic carbocycles. The number of fused-ring (bicyclic) bond motifs is 3. The Kier molecular flexibility index (Phi) is 3.75. The number of ketones is 2. The largest absolute Gasteiger partial charge is 0.458 e. The second-order valence-electron chi connectivity index (χ2n) is 9.98. The van der Waals surface area contributed by atoms with Crippen molar-refractivity contribution in [3.8, 4) is 0 Å². The molecule has 0 bridgehead atoms. The lowest BCUT2D eigenvalue weighted by Crippen LogP contribution is -2.61. The Morgan fingerprint density at radius 1 is 1.28 bits per heavy atom. The molecule has 1 heterocycles. The maximum atomic E-state index is 12.9. The minimum Gasteiger partial charge on any atom is -0.458 e. The molecule has 6 heteroatoms. The van der Waals surface area contributed by atoms with Crippen LogP contribution in [0.5, 0.6) is 0 Å². The number of Topliss-reactive ketones (excluding diaryl/α,β-unsaturated/α-hetero) is 1. The molecule has 156 valence electrons. The van der Waals surface area contributed by atoms with Gasteiger partial charge in [-0.05, 0) is 63.0 Å². The summed E-state index contributed by atoms with van der Waals surface area (Å²) in [5, 5.41) is 11.5. The predicted molar refractivity (Wildman–Crippen MR) is 103 cm³/mol. The maximum absolute atomic E-state index is 12.9. The summed E-state index contributed by atoms with van der Waals surface area (Å²) in [5.74, 6) is -0.514. The standard InChI is InChI=1S/C23H28O6/c1-13(24)28-12-18(26)22(27)9-7-16-17-5-4-14-10-15(25)6-8-20(14,2)23(17)19(29-23)11-21(16,22)3/h6,8,10,16-17,19,27H,4-5,7,9,11-12H2,1-3H3/t16-,17-,19+,20+,21+,22-,23-/m1/s1. The lowest BCUT2D eigenvalue weighted by Gasteiger charge is -2.55. The zero-order valence-electron chi connectivity index (χ0n) is 17.2. The van der Waals surface area contributed by atoms with Crippen LogP contribution in [0, 0.1) is 22.7 Å². The first-order chi connectivity index (χ1) is 13.6. The average molecular weight is 400 g/mol. The molecule has 5 aliphatic rings. The van der Waals surface area contributed by atoms with E-state index in [4.69, 9.17) is 9.47 Å². The van der Waals surface area contributed by atoms with Crippen molar-refractivity contribution in [2.24, 2.45) is 22.7 Å². The molecule has 7 atom stereocenters. The Labute approximate surface area is 170 Å². The molecule has 0 radical (unpaired) electrons. The van der Waals surface area contributed by atoms with Crippen LogP contribution in [-0.4, -0.2) is 46.6 Å². The quantitative estimate of drug-likeness (QED) is 0.577. The van der Waals surface area contributed by atoms with Crippen LogP contribution >= 0.6 is 0 Å². The highest BCUT2D eigenvalue weighted by Crippen LogP contribution is 2.75. The summed E-state index contributed by atoms with van der Waals surface area (Å²) in [4.78, 5) is 36.0. The summed E-state index contributed by atoms with van der Waals surface area (Å²) in [6, 6.07) is 0. The SMILES string of the molecule is CC(=O)OCC(=O)[C@]1(O)CC[C@@H]2[C@H]3CCC4=CC(=O)C=C[C@]4(C)[C@@]34O[C@H]4C[C@@]21C. The van der Waals surface area contributed by atoms with Gasteiger partial charge in [0, 0.05) is 17.8 Å². The summed E-state index contributed by atoms with van der Waals surface area (Å²) < 4.78 is 11.4. The van der Waals surface area contributed by atoms with Gasteiger partial charge in [0.25, 0.3) is 0 Å². The second kappa shape index (κ2) is 5.67. The van der Waals surface area contributed by atoms with Gasteiger partial charge in [0.1, 0.15) is 11.2 Å². The van der Waals surface area contributed by atoms with E-state index in [0.717, 1.165) is 24.8 Å². The van der Waals surface area contributed by atoms with Crippen molar-refractivity contribution in [3.63, 3.8) is 0 Å². The van der Waals surface area contributed by atoms with E-state index < -0.39 is 22.8 Å². The first-order valence-electron chi connectivity index (χ1n) is 10.6. The van der Waals surface area contributed by atoms with Crippen molar-refractivity contribution in [2.75, 3.05) is 6.61 Å². The number of aliphatic hydroxyl groups is 1. The Morgan fingerprint density at radius 2 is 2.03 bits per heavy atom. The molecule has 5 rings (SSSR count). The Morgan fingerprint density at radius 3 is 2.76 bits per heavy atom. The molecule has 1 aliphatic heterocycles. The minimum atomic E-state index is -1.50. The van der Waals surface area contributed by atoms with Crippen LogP contribution in [0.15, 0.2) is 23.8 Å². The van der Waals surface area contributed by atoms with Crippen molar-refractivity contribution in [3.05, 3.63) is 23.8 Å². The van der Waals surface area contributed by atoms with E-state index in [1.165, 1.54) is 6.92 Å². The number of hydrogen-bond acceptors (Lipinski definition) is 6. The summed E-state index contributed by atoms with van der Waals surface area (Å²) in [5.41, 5.74) is -1.61. The number of ether oxygens (including phenoxy) is 2. The summed E-state index contributed by atoms with van der Waals surface area (Å²) >= 11 is 0. The van der Waals surface area contributed by atoms with Gasteiger partial charge in [-0.25, -0.2) is 0 Å². The molecule has 4 fully saturated rings. The fourth-order valence-electron chi connectivity index (χ4n) is 7.40. The van der Waals surface area contributed by atoms with Crippen LogP contribution in [0.2, 0.25) is 0 Å². The zero-order chi connectivity index (χ0) is 20.8. The second-order valence-corrected chi connectivity index (χ2v) is 9.98. The third kappa shape index (κ3) is 2.17.